The van der Waals surface area contributed by atoms with Gasteiger partial charge in [0.15, 0.2) is 6.67 Å². The molecule has 0 bridgehead atoms. The van der Waals surface area contributed by atoms with Gasteiger partial charge in [-0.3, -0.25) is 0 Å². The van der Waals surface area contributed by atoms with Crippen LogP contribution in [0, 0.1) is 5.82 Å². The van der Waals surface area contributed by atoms with Gasteiger partial charge in [-0.1, -0.05) is 49.4 Å². The molecule has 0 amide bonds. The molecule has 0 aromatic heterocycles. The molecule has 1 N–H and O–H groups in total. The van der Waals surface area contributed by atoms with E-state index in [1.165, 1.54) is 6.07 Å². The van der Waals surface area contributed by atoms with Gasteiger partial charge in [-0.25, -0.2) is 21.9 Å². The van der Waals surface area contributed by atoms with Gasteiger partial charge in [0.2, 0.25) is 0 Å². The van der Waals surface area contributed by atoms with Gasteiger partial charge in [0.1, 0.15) is 5.82 Å². The number of hydrogen-bond donors (Lipinski definition) is 1. The molecule has 0 aliphatic carbocycles. The molecule has 0 radical (unpaired) electrons. The first kappa shape index (κ1) is 19.4. The molecule has 0 heterocycles. The van der Waals surface area contributed by atoms with Gasteiger partial charge >= 0.3 is 5.25 Å². The van der Waals surface area contributed by atoms with Crippen LogP contribution in [-0.4, -0.2) is 26.9 Å². The van der Waals surface area contributed by atoms with Gasteiger partial charge < -0.3 is 0 Å². The van der Waals surface area contributed by atoms with Crippen molar-refractivity contribution in [2.75, 3.05) is 13.2 Å². The van der Waals surface area contributed by atoms with Crippen LogP contribution in [0.4, 0.5) is 17.6 Å². The van der Waals surface area contributed by atoms with Crippen molar-refractivity contribution in [1.29, 1.82) is 0 Å². The van der Waals surface area contributed by atoms with Crippen LogP contribution in [0.2, 0.25) is 0 Å². The Hall–Kier alpha value is -1.93. The molecule has 0 saturated heterocycles. The average molecular weight is 375 g/mol. The Labute approximate surface area is 143 Å². The minimum Gasteiger partial charge on any atom is -0.243 e. The minimum atomic E-state index is -5.08. The number of nitrogens with one attached hydrogen (secondary N) is 1. The molecule has 0 aliphatic rings. The lowest BCUT2D eigenvalue weighted by molar-refractivity contribution is 0.0606. The van der Waals surface area contributed by atoms with Crippen molar-refractivity contribution in [3.63, 3.8) is 0 Å². The third kappa shape index (κ3) is 4.38. The Balaban J connectivity index is 2.09. The van der Waals surface area contributed by atoms with E-state index in [1.54, 1.807) is 54.1 Å². The fourth-order valence-corrected chi connectivity index (χ4v) is 3.04. The Morgan fingerprint density at radius 3 is 2.24 bits per heavy atom. The highest BCUT2D eigenvalue weighted by Crippen LogP contribution is 2.26. The average Bonchev–Trinajstić information content (AvgIpc) is 2.60. The van der Waals surface area contributed by atoms with Crippen molar-refractivity contribution in [2.45, 2.75) is 18.1 Å². The van der Waals surface area contributed by atoms with E-state index >= 15 is 0 Å². The number of benzene rings is 2. The first-order valence-corrected chi connectivity index (χ1v) is 8.94. The van der Waals surface area contributed by atoms with E-state index in [1.807, 2.05) is 0 Å². The lowest BCUT2D eigenvalue weighted by Crippen LogP contribution is -2.42. The van der Waals surface area contributed by atoms with E-state index in [0.717, 1.165) is 0 Å². The molecule has 2 rings (SSSR count). The van der Waals surface area contributed by atoms with Crippen LogP contribution in [0.15, 0.2) is 48.5 Å². The summed E-state index contributed by atoms with van der Waals surface area (Å²) in [5, 5.41) is -4.46. The standard InChI is InChI=1S/C17H17F4NO2S/c1-12(10-22-25(23,24)17(20,21)11-18)13-6-8-14(9-7-13)15-4-2-3-5-16(15)19/h2-9,12,22H,10-11H2,1H3. The Morgan fingerprint density at radius 1 is 1.08 bits per heavy atom. The molecule has 0 spiro atoms. The maximum atomic E-state index is 13.8. The monoisotopic (exact) mass is 375 g/mol. The predicted octanol–water partition coefficient (Wildman–Crippen LogP) is 4.08. The molecule has 2 aromatic rings. The molecule has 2 aromatic carbocycles. The maximum Gasteiger partial charge on any atom is 0.386 e. The molecule has 0 fully saturated rings. The van der Waals surface area contributed by atoms with E-state index in [2.05, 4.69) is 0 Å². The van der Waals surface area contributed by atoms with Crippen molar-refractivity contribution in [3.8, 4) is 11.1 Å². The summed E-state index contributed by atoms with van der Waals surface area (Å²) in [4.78, 5) is 0. The number of halogens is 4. The highest BCUT2D eigenvalue weighted by atomic mass is 32.2. The maximum absolute atomic E-state index is 13.8. The summed E-state index contributed by atoms with van der Waals surface area (Å²) >= 11 is 0. The quantitative estimate of drug-likeness (QED) is 0.742. The van der Waals surface area contributed by atoms with Crippen molar-refractivity contribution >= 4 is 10.0 Å². The van der Waals surface area contributed by atoms with E-state index in [0.29, 0.717) is 16.7 Å². The van der Waals surface area contributed by atoms with Crippen molar-refractivity contribution in [2.24, 2.45) is 0 Å². The molecule has 8 heteroatoms. The zero-order chi connectivity index (χ0) is 18.7. The molecule has 0 aliphatic heterocycles. The molecule has 25 heavy (non-hydrogen) atoms. The number of alkyl halides is 3. The topological polar surface area (TPSA) is 46.2 Å². The highest BCUT2D eigenvalue weighted by molar-refractivity contribution is 7.90. The van der Waals surface area contributed by atoms with Crippen molar-refractivity contribution < 1.29 is 26.0 Å². The Morgan fingerprint density at radius 2 is 1.68 bits per heavy atom. The van der Waals surface area contributed by atoms with Crippen LogP contribution >= 0.6 is 0 Å². The number of hydrogen-bond acceptors (Lipinski definition) is 2. The smallest absolute Gasteiger partial charge is 0.243 e. The van der Waals surface area contributed by atoms with E-state index in [9.17, 15) is 26.0 Å². The fourth-order valence-electron chi connectivity index (χ4n) is 2.22. The third-order valence-electron chi connectivity index (χ3n) is 3.79. The lowest BCUT2D eigenvalue weighted by atomic mass is 9.97. The number of rotatable bonds is 7. The van der Waals surface area contributed by atoms with Gasteiger partial charge in [-0.15, -0.1) is 0 Å². The van der Waals surface area contributed by atoms with Crippen LogP contribution in [0.3, 0.4) is 0 Å². The minimum absolute atomic E-state index is 0.309. The molecule has 0 saturated carbocycles. The summed E-state index contributed by atoms with van der Waals surface area (Å²) in [5.41, 5.74) is 1.73. The van der Waals surface area contributed by atoms with Gasteiger partial charge in [0, 0.05) is 12.1 Å². The summed E-state index contributed by atoms with van der Waals surface area (Å²) in [7, 11) is -5.08. The lowest BCUT2D eigenvalue weighted by Gasteiger charge is -2.17. The second-order valence-corrected chi connectivity index (χ2v) is 7.52. The second kappa shape index (κ2) is 7.53. The zero-order valence-electron chi connectivity index (χ0n) is 13.3. The van der Waals surface area contributed by atoms with Crippen LogP contribution in [0.25, 0.3) is 11.1 Å². The van der Waals surface area contributed by atoms with Crippen molar-refractivity contribution in [1.82, 2.24) is 4.72 Å². The summed E-state index contributed by atoms with van der Waals surface area (Å²) in [5.74, 6) is -0.802. The van der Waals surface area contributed by atoms with Crippen LogP contribution in [0.1, 0.15) is 18.4 Å². The summed E-state index contributed by atoms with van der Waals surface area (Å²) in [6, 6.07) is 12.9. The van der Waals surface area contributed by atoms with Gasteiger partial charge in [0.25, 0.3) is 10.0 Å². The summed E-state index contributed by atoms with van der Waals surface area (Å²) < 4.78 is 76.3. The van der Waals surface area contributed by atoms with E-state index < -0.39 is 27.9 Å². The molecule has 136 valence electrons. The van der Waals surface area contributed by atoms with Crippen LogP contribution < -0.4 is 4.72 Å². The largest absolute Gasteiger partial charge is 0.386 e. The van der Waals surface area contributed by atoms with E-state index in [4.69, 9.17) is 0 Å². The highest BCUT2D eigenvalue weighted by Gasteiger charge is 2.45. The van der Waals surface area contributed by atoms with Gasteiger partial charge in [-0.05, 0) is 23.1 Å². The first-order valence-electron chi connectivity index (χ1n) is 7.46. The normalized spacial score (nSPS) is 13.6. The SMILES string of the molecule is CC(CNS(=O)(=O)C(F)(F)CF)c1ccc(-c2ccccc2F)cc1. The Bertz CT molecular complexity index is 823. The number of sulfonamides is 1. The molecule has 3 nitrogen and oxygen atoms in total. The van der Waals surface area contributed by atoms with Gasteiger partial charge in [0.05, 0.1) is 0 Å². The van der Waals surface area contributed by atoms with Gasteiger partial charge in [-0.2, -0.15) is 8.78 Å². The molecular weight excluding hydrogens is 358 g/mol. The fraction of sp³-hybridized carbons (Fsp3) is 0.294. The van der Waals surface area contributed by atoms with Crippen LogP contribution in [-0.2, 0) is 10.0 Å². The molecule has 1 unspecified atom stereocenters. The second-order valence-electron chi connectivity index (χ2n) is 5.63. The molecular formula is C17H17F4NO2S. The van der Waals surface area contributed by atoms with E-state index in [-0.39, 0.29) is 12.4 Å². The summed E-state index contributed by atoms with van der Waals surface area (Å²) in [6.07, 6.45) is 0. The zero-order valence-corrected chi connectivity index (χ0v) is 14.2. The summed E-state index contributed by atoms with van der Waals surface area (Å²) in [6.45, 7) is -0.959. The first-order chi connectivity index (χ1) is 11.7. The third-order valence-corrected chi connectivity index (χ3v) is 5.23. The Kier molecular flexibility index (Phi) is 5.84. The predicted molar refractivity (Wildman–Crippen MR) is 88.1 cm³/mol. The molecule has 1 atom stereocenters. The van der Waals surface area contributed by atoms with Crippen LogP contribution in [0.5, 0.6) is 0 Å². The van der Waals surface area contributed by atoms with Crippen molar-refractivity contribution in [3.05, 3.63) is 59.9 Å².